The Kier molecular flexibility index (Phi) is 3.90. The molecule has 1 fully saturated rings. The molecule has 1 aromatic carbocycles. The van der Waals surface area contributed by atoms with Crippen LogP contribution in [-0.4, -0.2) is 34.5 Å². The standard InChI is InChI=1S/C18H20N2O4/c21-15-8-14(10-19-5-1-2-6-19)20(11-16(15)22)9-13-3-4-17-18(7-13)24-12-23-17/h3-4,7-8,11,22H,1-2,5-6,9-10,12H2. The zero-order valence-electron chi connectivity index (χ0n) is 13.4. The largest absolute Gasteiger partial charge is 0.503 e. The van der Waals surface area contributed by atoms with Crippen LogP contribution < -0.4 is 14.9 Å². The number of hydrogen-bond acceptors (Lipinski definition) is 5. The first-order valence-corrected chi connectivity index (χ1v) is 8.22. The van der Waals surface area contributed by atoms with E-state index in [0.29, 0.717) is 6.54 Å². The van der Waals surface area contributed by atoms with Gasteiger partial charge in [0.05, 0.1) is 6.20 Å². The molecule has 0 spiro atoms. The Labute approximate surface area is 139 Å². The highest BCUT2D eigenvalue weighted by atomic mass is 16.7. The van der Waals surface area contributed by atoms with Crippen LogP contribution in [0.15, 0.2) is 35.3 Å². The first-order chi connectivity index (χ1) is 11.7. The molecular weight excluding hydrogens is 308 g/mol. The molecule has 1 aromatic heterocycles. The van der Waals surface area contributed by atoms with Crippen LogP contribution in [0.4, 0.5) is 0 Å². The van der Waals surface area contributed by atoms with Gasteiger partial charge in [0.15, 0.2) is 17.2 Å². The number of pyridine rings is 1. The van der Waals surface area contributed by atoms with Crippen molar-refractivity contribution in [2.75, 3.05) is 19.9 Å². The summed E-state index contributed by atoms with van der Waals surface area (Å²) >= 11 is 0. The number of likely N-dealkylation sites (tertiary alicyclic amines) is 1. The van der Waals surface area contributed by atoms with Crippen LogP contribution >= 0.6 is 0 Å². The minimum atomic E-state index is -0.328. The summed E-state index contributed by atoms with van der Waals surface area (Å²) in [4.78, 5) is 14.2. The minimum absolute atomic E-state index is 0.221. The van der Waals surface area contributed by atoms with E-state index in [0.717, 1.165) is 42.4 Å². The molecule has 2 aliphatic rings. The van der Waals surface area contributed by atoms with E-state index in [2.05, 4.69) is 4.90 Å². The predicted molar refractivity (Wildman–Crippen MR) is 88.5 cm³/mol. The molecule has 4 rings (SSSR count). The number of aromatic hydroxyl groups is 1. The van der Waals surface area contributed by atoms with Crippen molar-refractivity contribution in [2.24, 2.45) is 0 Å². The summed E-state index contributed by atoms with van der Waals surface area (Å²) in [5, 5.41) is 9.83. The Hall–Kier alpha value is -2.47. The molecule has 1 N–H and O–H groups in total. The first-order valence-electron chi connectivity index (χ1n) is 8.22. The maximum Gasteiger partial charge on any atom is 0.231 e. The third-order valence-corrected chi connectivity index (χ3v) is 4.57. The SMILES string of the molecule is O=c1cc(CN2CCCC2)n(Cc2ccc3c(c2)OCO3)cc1O. The summed E-state index contributed by atoms with van der Waals surface area (Å²) in [6.07, 6.45) is 3.92. The summed E-state index contributed by atoms with van der Waals surface area (Å²) in [6, 6.07) is 7.35. The smallest absolute Gasteiger partial charge is 0.231 e. The van der Waals surface area contributed by atoms with Gasteiger partial charge in [-0.05, 0) is 43.6 Å². The Bertz CT molecular complexity index is 809. The van der Waals surface area contributed by atoms with Crippen LogP contribution in [0.3, 0.4) is 0 Å². The van der Waals surface area contributed by atoms with E-state index in [9.17, 15) is 9.90 Å². The Balaban J connectivity index is 1.63. The fraction of sp³-hybridized carbons (Fsp3) is 0.389. The molecule has 6 heteroatoms. The number of hydrogen-bond donors (Lipinski definition) is 1. The predicted octanol–water partition coefficient (Wildman–Crippen LogP) is 1.93. The monoisotopic (exact) mass is 328 g/mol. The number of rotatable bonds is 4. The zero-order valence-corrected chi connectivity index (χ0v) is 13.4. The number of ether oxygens (including phenoxy) is 2. The van der Waals surface area contributed by atoms with Crippen LogP contribution in [0.25, 0.3) is 0 Å². The van der Waals surface area contributed by atoms with Gasteiger partial charge in [0.2, 0.25) is 12.2 Å². The maximum atomic E-state index is 11.9. The fourth-order valence-corrected chi connectivity index (χ4v) is 3.29. The highest BCUT2D eigenvalue weighted by molar-refractivity contribution is 5.44. The van der Waals surface area contributed by atoms with E-state index in [1.165, 1.54) is 19.0 Å². The molecule has 0 aliphatic carbocycles. The van der Waals surface area contributed by atoms with Crippen molar-refractivity contribution in [3.05, 3.63) is 51.9 Å². The molecule has 0 saturated carbocycles. The van der Waals surface area contributed by atoms with Crippen LogP contribution in [0.2, 0.25) is 0 Å². The summed E-state index contributed by atoms with van der Waals surface area (Å²) in [6.45, 7) is 3.64. The second-order valence-corrected chi connectivity index (χ2v) is 6.31. The lowest BCUT2D eigenvalue weighted by atomic mass is 10.2. The number of aromatic nitrogens is 1. The van der Waals surface area contributed by atoms with E-state index in [1.807, 2.05) is 22.8 Å². The summed E-state index contributed by atoms with van der Waals surface area (Å²) in [5.74, 6) is 1.26. The van der Waals surface area contributed by atoms with E-state index in [4.69, 9.17) is 9.47 Å². The number of nitrogens with zero attached hydrogens (tertiary/aromatic N) is 2. The average Bonchev–Trinajstić information content (AvgIpc) is 3.23. The Morgan fingerprint density at radius 1 is 1.04 bits per heavy atom. The molecule has 0 bridgehead atoms. The zero-order chi connectivity index (χ0) is 16.5. The van der Waals surface area contributed by atoms with Gasteiger partial charge in [-0.15, -0.1) is 0 Å². The van der Waals surface area contributed by atoms with Gasteiger partial charge in [-0.2, -0.15) is 0 Å². The third-order valence-electron chi connectivity index (χ3n) is 4.57. The van der Waals surface area contributed by atoms with Crippen LogP contribution in [0, 0.1) is 0 Å². The van der Waals surface area contributed by atoms with E-state index >= 15 is 0 Å². The van der Waals surface area contributed by atoms with Gasteiger partial charge in [0, 0.05) is 24.8 Å². The first kappa shape index (κ1) is 15.1. The van der Waals surface area contributed by atoms with Crippen LogP contribution in [0.5, 0.6) is 17.2 Å². The molecule has 0 amide bonds. The molecule has 2 aliphatic heterocycles. The number of fused-ring (bicyclic) bond motifs is 1. The van der Waals surface area contributed by atoms with Gasteiger partial charge in [0.1, 0.15) is 0 Å². The van der Waals surface area contributed by atoms with Gasteiger partial charge in [-0.25, -0.2) is 0 Å². The van der Waals surface area contributed by atoms with Crippen molar-refractivity contribution in [1.29, 1.82) is 0 Å². The van der Waals surface area contributed by atoms with Gasteiger partial charge >= 0.3 is 0 Å². The topological polar surface area (TPSA) is 63.9 Å². The normalized spacial score (nSPS) is 16.7. The highest BCUT2D eigenvalue weighted by Gasteiger charge is 2.17. The third kappa shape index (κ3) is 2.97. The number of benzene rings is 1. The van der Waals surface area contributed by atoms with Gasteiger partial charge in [-0.1, -0.05) is 6.07 Å². The van der Waals surface area contributed by atoms with Gasteiger partial charge in [-0.3, -0.25) is 9.69 Å². The molecular formula is C18H20N2O4. The van der Waals surface area contributed by atoms with Crippen molar-refractivity contribution < 1.29 is 14.6 Å². The van der Waals surface area contributed by atoms with Crippen molar-refractivity contribution in [1.82, 2.24) is 9.47 Å². The second kappa shape index (κ2) is 6.20. The van der Waals surface area contributed by atoms with Crippen molar-refractivity contribution >= 4 is 0 Å². The average molecular weight is 328 g/mol. The van der Waals surface area contributed by atoms with E-state index in [1.54, 1.807) is 6.07 Å². The Morgan fingerprint density at radius 2 is 1.83 bits per heavy atom. The molecule has 24 heavy (non-hydrogen) atoms. The molecule has 0 atom stereocenters. The molecule has 6 nitrogen and oxygen atoms in total. The molecule has 0 unspecified atom stereocenters. The van der Waals surface area contributed by atoms with E-state index in [-0.39, 0.29) is 18.0 Å². The molecule has 2 aromatic rings. The second-order valence-electron chi connectivity index (χ2n) is 6.31. The van der Waals surface area contributed by atoms with Gasteiger partial charge < -0.3 is 19.1 Å². The van der Waals surface area contributed by atoms with Gasteiger partial charge in [0.25, 0.3) is 0 Å². The fourth-order valence-electron chi connectivity index (χ4n) is 3.29. The van der Waals surface area contributed by atoms with Crippen LogP contribution in [0.1, 0.15) is 24.1 Å². The van der Waals surface area contributed by atoms with E-state index < -0.39 is 0 Å². The quantitative estimate of drug-likeness (QED) is 0.929. The maximum absolute atomic E-state index is 11.9. The Morgan fingerprint density at radius 3 is 2.67 bits per heavy atom. The molecule has 126 valence electrons. The lowest BCUT2D eigenvalue weighted by Crippen LogP contribution is -2.23. The summed E-state index contributed by atoms with van der Waals surface area (Å²) < 4.78 is 12.7. The van der Waals surface area contributed by atoms with Crippen LogP contribution in [-0.2, 0) is 13.1 Å². The van der Waals surface area contributed by atoms with Crippen molar-refractivity contribution in [2.45, 2.75) is 25.9 Å². The lowest BCUT2D eigenvalue weighted by Gasteiger charge is -2.19. The highest BCUT2D eigenvalue weighted by Crippen LogP contribution is 2.32. The summed E-state index contributed by atoms with van der Waals surface area (Å²) in [7, 11) is 0. The molecule has 1 saturated heterocycles. The van der Waals surface area contributed by atoms with Crippen molar-refractivity contribution in [3.63, 3.8) is 0 Å². The summed E-state index contributed by atoms with van der Waals surface area (Å²) in [5.41, 5.74) is 1.62. The minimum Gasteiger partial charge on any atom is -0.503 e. The lowest BCUT2D eigenvalue weighted by molar-refractivity contribution is 0.174. The van der Waals surface area contributed by atoms with Crippen molar-refractivity contribution in [3.8, 4) is 17.2 Å². The molecule has 0 radical (unpaired) electrons. The molecule has 3 heterocycles.